The van der Waals surface area contributed by atoms with Crippen LogP contribution in [0, 0.1) is 6.92 Å². The number of carbonyl (C=O) groups is 2. The zero-order chi connectivity index (χ0) is 22.4. The minimum Gasteiger partial charge on any atom is -0.342 e. The summed E-state index contributed by atoms with van der Waals surface area (Å²) < 4.78 is 2.44. The predicted molar refractivity (Wildman–Crippen MR) is 126 cm³/mol. The van der Waals surface area contributed by atoms with E-state index in [-0.39, 0.29) is 29.1 Å². The second-order valence-electron chi connectivity index (χ2n) is 8.54. The maximum atomic E-state index is 12.7. The average Bonchev–Trinajstić information content (AvgIpc) is 3.08. The summed E-state index contributed by atoms with van der Waals surface area (Å²) in [5.74, 6) is -0.731. The minimum atomic E-state index is -0.478. The molecule has 1 atom stereocenters. The molecule has 0 bridgehead atoms. The van der Waals surface area contributed by atoms with Gasteiger partial charge in [0.05, 0.1) is 23.2 Å². The van der Waals surface area contributed by atoms with E-state index in [0.29, 0.717) is 5.02 Å². The fourth-order valence-corrected chi connectivity index (χ4v) is 5.57. The van der Waals surface area contributed by atoms with Gasteiger partial charge in [-0.2, -0.15) is 0 Å². The molecule has 166 valence electrons. The number of aromatic nitrogens is 1. The van der Waals surface area contributed by atoms with Gasteiger partial charge in [0.1, 0.15) is 0 Å². The fraction of sp³-hybridized carbons (Fsp3) is 0.333. The van der Waals surface area contributed by atoms with E-state index in [2.05, 4.69) is 45.4 Å². The summed E-state index contributed by atoms with van der Waals surface area (Å²) in [6.07, 6.45) is 3.22. The van der Waals surface area contributed by atoms with Gasteiger partial charge >= 0.3 is 0 Å². The molecule has 2 heterocycles. The van der Waals surface area contributed by atoms with Gasteiger partial charge in [-0.1, -0.05) is 34.8 Å². The molecule has 0 fully saturated rings. The van der Waals surface area contributed by atoms with Crippen molar-refractivity contribution in [1.82, 2.24) is 20.3 Å². The van der Waals surface area contributed by atoms with Gasteiger partial charge in [-0.05, 0) is 62.1 Å². The molecule has 0 saturated heterocycles. The maximum Gasteiger partial charge on any atom is 0.271 e. The van der Waals surface area contributed by atoms with Crippen LogP contribution in [0.4, 0.5) is 0 Å². The van der Waals surface area contributed by atoms with E-state index in [1.807, 2.05) is 0 Å². The molecule has 1 unspecified atom stereocenters. The molecule has 2 aliphatic rings. The second-order valence-corrected chi connectivity index (χ2v) is 9.38. The number of hydrogen-bond donors (Lipinski definition) is 2. The Balaban J connectivity index is 1.29. The first kappa shape index (κ1) is 21.3. The van der Waals surface area contributed by atoms with Crippen LogP contribution < -0.4 is 10.9 Å². The summed E-state index contributed by atoms with van der Waals surface area (Å²) in [5.41, 5.74) is 10.6. The molecule has 0 saturated carbocycles. The van der Waals surface area contributed by atoms with E-state index in [1.54, 1.807) is 6.07 Å². The van der Waals surface area contributed by atoms with E-state index in [9.17, 15) is 9.59 Å². The Morgan fingerprint density at radius 3 is 2.75 bits per heavy atom. The maximum absolute atomic E-state index is 12.7. The standard InChI is InChI=1S/C24H24Cl2N4O2/c1-14-5-8-20-18(11-14)16-3-2-4-21-23(16)30(20)10-9-29(21)13-22(31)27-28-24(32)17-7-6-15(25)12-19(17)26/h5-8,11-12,21H,2-4,9-10,13H2,1H3,(H,27,31)(H,28,32). The van der Waals surface area contributed by atoms with Crippen molar-refractivity contribution in [2.24, 2.45) is 0 Å². The molecule has 3 aromatic rings. The van der Waals surface area contributed by atoms with E-state index in [1.165, 1.54) is 39.9 Å². The molecule has 8 heteroatoms. The second kappa shape index (κ2) is 8.43. The van der Waals surface area contributed by atoms with Gasteiger partial charge in [0.15, 0.2) is 0 Å². The molecule has 1 aliphatic carbocycles. The van der Waals surface area contributed by atoms with Crippen molar-refractivity contribution >= 4 is 45.9 Å². The van der Waals surface area contributed by atoms with Gasteiger partial charge < -0.3 is 4.57 Å². The first-order valence-electron chi connectivity index (χ1n) is 10.8. The summed E-state index contributed by atoms with van der Waals surface area (Å²) in [4.78, 5) is 27.2. The van der Waals surface area contributed by atoms with Crippen molar-refractivity contribution in [2.45, 2.75) is 38.8 Å². The largest absolute Gasteiger partial charge is 0.342 e. The Morgan fingerprint density at radius 2 is 1.94 bits per heavy atom. The summed E-state index contributed by atoms with van der Waals surface area (Å²) >= 11 is 12.0. The lowest BCUT2D eigenvalue weighted by Crippen LogP contribution is -2.49. The molecule has 1 aliphatic heterocycles. The van der Waals surface area contributed by atoms with Crippen molar-refractivity contribution in [3.63, 3.8) is 0 Å². The lowest BCUT2D eigenvalue weighted by molar-refractivity contribution is -0.124. The number of aryl methyl sites for hydroxylation is 2. The summed E-state index contributed by atoms with van der Waals surface area (Å²) in [7, 11) is 0. The quantitative estimate of drug-likeness (QED) is 0.557. The average molecular weight is 471 g/mol. The van der Waals surface area contributed by atoms with Crippen LogP contribution in [0.15, 0.2) is 36.4 Å². The monoisotopic (exact) mass is 470 g/mol. The first-order chi connectivity index (χ1) is 15.4. The predicted octanol–water partition coefficient (Wildman–Crippen LogP) is 4.41. The number of hydrogen-bond acceptors (Lipinski definition) is 3. The Bertz CT molecular complexity index is 1240. The van der Waals surface area contributed by atoms with Crippen molar-refractivity contribution < 1.29 is 9.59 Å². The Labute approximate surface area is 196 Å². The van der Waals surface area contributed by atoms with Gasteiger partial charge in [-0.3, -0.25) is 25.3 Å². The molecule has 2 aromatic carbocycles. The highest BCUT2D eigenvalue weighted by molar-refractivity contribution is 6.36. The van der Waals surface area contributed by atoms with Crippen LogP contribution in [-0.4, -0.2) is 34.4 Å². The molecular formula is C24H24Cl2N4O2. The van der Waals surface area contributed by atoms with Gasteiger partial charge in [-0.25, -0.2) is 0 Å². The normalized spacial score (nSPS) is 17.8. The number of benzene rings is 2. The number of fused-ring (bicyclic) bond motifs is 3. The molecule has 5 rings (SSSR count). The van der Waals surface area contributed by atoms with E-state index < -0.39 is 5.91 Å². The van der Waals surface area contributed by atoms with Crippen molar-refractivity contribution in [3.05, 3.63) is 68.8 Å². The van der Waals surface area contributed by atoms with Crippen LogP contribution in [0.1, 0.15) is 46.1 Å². The van der Waals surface area contributed by atoms with Crippen molar-refractivity contribution in [2.75, 3.05) is 13.1 Å². The Kier molecular flexibility index (Phi) is 5.61. The van der Waals surface area contributed by atoms with E-state index >= 15 is 0 Å². The Hall–Kier alpha value is -2.54. The molecule has 1 aromatic heterocycles. The van der Waals surface area contributed by atoms with Crippen LogP contribution in [-0.2, 0) is 17.8 Å². The van der Waals surface area contributed by atoms with Crippen LogP contribution in [0.3, 0.4) is 0 Å². The summed E-state index contributed by atoms with van der Waals surface area (Å²) in [6.45, 7) is 4.00. The molecular weight excluding hydrogens is 447 g/mol. The zero-order valence-corrected chi connectivity index (χ0v) is 19.3. The Morgan fingerprint density at radius 1 is 1.09 bits per heavy atom. The highest BCUT2D eigenvalue weighted by atomic mass is 35.5. The topological polar surface area (TPSA) is 66.4 Å². The van der Waals surface area contributed by atoms with Crippen LogP contribution in [0.5, 0.6) is 0 Å². The zero-order valence-electron chi connectivity index (χ0n) is 17.8. The van der Waals surface area contributed by atoms with Gasteiger partial charge in [0.25, 0.3) is 11.8 Å². The third kappa shape index (κ3) is 3.76. The molecule has 6 nitrogen and oxygen atoms in total. The highest BCUT2D eigenvalue weighted by Crippen LogP contribution is 2.42. The fourth-order valence-electron chi connectivity index (χ4n) is 5.07. The SMILES string of the molecule is Cc1ccc2c(c1)c1c3n2CCN(CC(=O)NNC(=O)c2ccc(Cl)cc2Cl)C3CCC1. The lowest BCUT2D eigenvalue weighted by atomic mass is 9.89. The lowest BCUT2D eigenvalue weighted by Gasteiger charge is -2.39. The van der Waals surface area contributed by atoms with Crippen LogP contribution >= 0.6 is 23.2 Å². The number of carbonyl (C=O) groups excluding carboxylic acids is 2. The van der Waals surface area contributed by atoms with Gasteiger partial charge in [-0.15, -0.1) is 0 Å². The van der Waals surface area contributed by atoms with Gasteiger partial charge in [0.2, 0.25) is 0 Å². The van der Waals surface area contributed by atoms with Crippen molar-refractivity contribution in [3.8, 4) is 0 Å². The highest BCUT2D eigenvalue weighted by Gasteiger charge is 2.35. The number of rotatable bonds is 3. The molecule has 0 radical (unpaired) electrons. The number of halogens is 2. The molecule has 2 N–H and O–H groups in total. The summed E-state index contributed by atoms with van der Waals surface area (Å²) in [5, 5.41) is 2.03. The third-order valence-corrected chi connectivity index (χ3v) is 7.03. The number of hydrazine groups is 1. The molecule has 32 heavy (non-hydrogen) atoms. The number of nitrogens with one attached hydrogen (secondary N) is 2. The molecule has 2 amide bonds. The van der Waals surface area contributed by atoms with E-state index in [0.717, 1.165) is 32.4 Å². The third-order valence-electron chi connectivity index (χ3n) is 6.48. The minimum absolute atomic E-state index is 0.215. The van der Waals surface area contributed by atoms with E-state index in [4.69, 9.17) is 23.2 Å². The molecule has 0 spiro atoms. The van der Waals surface area contributed by atoms with Gasteiger partial charge in [0, 0.05) is 34.7 Å². The number of nitrogens with zero attached hydrogens (tertiary/aromatic N) is 2. The smallest absolute Gasteiger partial charge is 0.271 e. The number of amides is 2. The summed E-state index contributed by atoms with van der Waals surface area (Å²) in [6, 6.07) is 11.5. The first-order valence-corrected chi connectivity index (χ1v) is 11.6. The van der Waals surface area contributed by atoms with Crippen LogP contribution in [0.25, 0.3) is 10.9 Å². The van der Waals surface area contributed by atoms with Crippen molar-refractivity contribution in [1.29, 1.82) is 0 Å². The van der Waals surface area contributed by atoms with Crippen LogP contribution in [0.2, 0.25) is 10.0 Å².